The van der Waals surface area contributed by atoms with Gasteiger partial charge in [-0.15, -0.1) is 11.6 Å². The summed E-state index contributed by atoms with van der Waals surface area (Å²) in [4.78, 5) is 3.75. The van der Waals surface area contributed by atoms with Gasteiger partial charge in [-0.25, -0.2) is 13.8 Å². The number of rotatable bonds is 2. The minimum Gasteiger partial charge on any atom is -0.240 e. The van der Waals surface area contributed by atoms with E-state index in [9.17, 15) is 8.78 Å². The summed E-state index contributed by atoms with van der Waals surface area (Å²) < 4.78 is 26.0. The van der Waals surface area contributed by atoms with E-state index >= 15 is 0 Å². The molecule has 1 nitrogen and oxygen atoms in total. The molecule has 0 N–H and O–H groups in total. The highest BCUT2D eigenvalue weighted by Gasteiger charge is 2.14. The first kappa shape index (κ1) is 11.8. The van der Waals surface area contributed by atoms with Crippen LogP contribution in [0.1, 0.15) is 17.7 Å². The number of hydrogen-bond acceptors (Lipinski definition) is 1. The summed E-state index contributed by atoms with van der Waals surface area (Å²) in [7, 11) is 0. The van der Waals surface area contributed by atoms with Crippen molar-refractivity contribution in [2.45, 2.75) is 12.3 Å². The number of alkyl halides is 3. The Morgan fingerprint density at radius 2 is 2.08 bits per heavy atom. The minimum atomic E-state index is -2.53. The zero-order valence-electron chi connectivity index (χ0n) is 6.20. The highest BCUT2D eigenvalue weighted by molar-refractivity contribution is 14.1. The molecule has 0 fully saturated rings. The molecule has 0 aliphatic rings. The van der Waals surface area contributed by atoms with Crippen molar-refractivity contribution in [1.82, 2.24) is 4.98 Å². The smallest absolute Gasteiger partial charge is 0.240 e. The Labute approximate surface area is 107 Å². The van der Waals surface area contributed by atoms with Crippen molar-refractivity contribution in [1.29, 1.82) is 0 Å². The maximum atomic E-state index is 12.3. The van der Waals surface area contributed by atoms with E-state index in [0.29, 0.717) is 9.26 Å². The lowest BCUT2D eigenvalue weighted by Crippen LogP contribution is -1.99. The third-order valence-electron chi connectivity index (χ3n) is 1.38. The summed E-state index contributed by atoms with van der Waals surface area (Å²) in [5.74, 6) is 0.233. The third-order valence-corrected chi connectivity index (χ3v) is 4.68. The number of halogens is 5. The summed E-state index contributed by atoms with van der Waals surface area (Å²) in [6.45, 7) is 0. The van der Waals surface area contributed by atoms with Gasteiger partial charge in [-0.2, -0.15) is 0 Å². The van der Waals surface area contributed by atoms with E-state index in [2.05, 4.69) is 4.98 Å². The highest BCUT2D eigenvalue weighted by atomic mass is 127. The van der Waals surface area contributed by atoms with Gasteiger partial charge in [0.15, 0.2) is 0 Å². The molecule has 6 heteroatoms. The fourth-order valence-electron chi connectivity index (χ4n) is 0.778. The standard InChI is InChI=1S/C7H4ClF2I2N/c8-2-3-1-4(6(9)10)13-7(12)5(3)11/h1,6H,2H2. The molecule has 0 aliphatic carbocycles. The van der Waals surface area contributed by atoms with Crippen molar-refractivity contribution in [2.24, 2.45) is 0 Å². The molecule has 0 spiro atoms. The van der Waals surface area contributed by atoms with E-state index < -0.39 is 6.43 Å². The molecule has 13 heavy (non-hydrogen) atoms. The van der Waals surface area contributed by atoms with Crippen molar-refractivity contribution < 1.29 is 8.78 Å². The average Bonchev–Trinajstić information content (AvgIpc) is 2.09. The Balaban J connectivity index is 3.22. The van der Waals surface area contributed by atoms with E-state index in [-0.39, 0.29) is 11.6 Å². The lowest BCUT2D eigenvalue weighted by molar-refractivity contribution is 0.145. The van der Waals surface area contributed by atoms with Gasteiger partial charge in [-0.3, -0.25) is 0 Å². The van der Waals surface area contributed by atoms with E-state index in [1.54, 1.807) is 0 Å². The van der Waals surface area contributed by atoms with Gasteiger partial charge in [0.25, 0.3) is 6.43 Å². The Morgan fingerprint density at radius 1 is 1.46 bits per heavy atom. The fraction of sp³-hybridized carbons (Fsp3) is 0.286. The molecule has 0 atom stereocenters. The van der Waals surface area contributed by atoms with Gasteiger partial charge >= 0.3 is 0 Å². The predicted octanol–water partition coefficient (Wildman–Crippen LogP) is 3.97. The summed E-state index contributed by atoms with van der Waals surface area (Å²) in [5, 5.41) is 0. The zero-order chi connectivity index (χ0) is 10.0. The van der Waals surface area contributed by atoms with Crippen LogP contribution in [0, 0.1) is 7.27 Å². The molecule has 0 aliphatic heterocycles. The average molecular weight is 429 g/mol. The Kier molecular flexibility index (Phi) is 4.56. The van der Waals surface area contributed by atoms with Crippen molar-refractivity contribution in [3.05, 3.63) is 24.6 Å². The first-order valence-corrected chi connectivity index (χ1v) is 5.94. The summed E-state index contributed by atoms with van der Waals surface area (Å²) in [6, 6.07) is 1.35. The van der Waals surface area contributed by atoms with E-state index in [1.807, 2.05) is 45.2 Å². The normalized spacial score (nSPS) is 10.9. The van der Waals surface area contributed by atoms with E-state index in [0.717, 1.165) is 3.57 Å². The van der Waals surface area contributed by atoms with Crippen molar-refractivity contribution in [3.8, 4) is 0 Å². The van der Waals surface area contributed by atoms with Crippen LogP contribution in [0.5, 0.6) is 0 Å². The number of pyridine rings is 1. The molecule has 1 aromatic rings. The maximum absolute atomic E-state index is 12.3. The molecule has 1 aromatic heterocycles. The molecule has 1 heterocycles. The van der Waals surface area contributed by atoms with Gasteiger partial charge in [0, 0.05) is 9.45 Å². The third kappa shape index (κ3) is 2.85. The predicted molar refractivity (Wildman–Crippen MR) is 64.2 cm³/mol. The molecule has 0 saturated heterocycles. The summed E-state index contributed by atoms with van der Waals surface area (Å²) >= 11 is 9.57. The zero-order valence-corrected chi connectivity index (χ0v) is 11.3. The number of aromatic nitrogens is 1. The van der Waals surface area contributed by atoms with Gasteiger partial charge < -0.3 is 0 Å². The van der Waals surface area contributed by atoms with Crippen LogP contribution in [0.15, 0.2) is 6.07 Å². The molecule has 0 bridgehead atoms. The van der Waals surface area contributed by atoms with Crippen LogP contribution in [0.4, 0.5) is 8.78 Å². The quantitative estimate of drug-likeness (QED) is 0.394. The highest BCUT2D eigenvalue weighted by Crippen LogP contribution is 2.25. The molecule has 1 rings (SSSR count). The van der Waals surface area contributed by atoms with Gasteiger partial charge in [0.1, 0.15) is 9.39 Å². The Hall–Kier alpha value is 0.760. The molecule has 0 amide bonds. The first-order valence-electron chi connectivity index (χ1n) is 3.25. The minimum absolute atomic E-state index is 0.208. The molecule has 0 unspecified atom stereocenters. The van der Waals surface area contributed by atoms with Crippen molar-refractivity contribution in [2.75, 3.05) is 0 Å². The lowest BCUT2D eigenvalue weighted by Gasteiger charge is -2.05. The topological polar surface area (TPSA) is 12.9 Å². The number of nitrogens with zero attached hydrogens (tertiary/aromatic N) is 1. The molecular formula is C7H4ClF2I2N. The van der Waals surface area contributed by atoms with Crippen LogP contribution in [-0.2, 0) is 5.88 Å². The van der Waals surface area contributed by atoms with Crippen LogP contribution >= 0.6 is 56.8 Å². The SMILES string of the molecule is FC(F)c1cc(CCl)c(I)c(I)n1. The van der Waals surface area contributed by atoms with Crippen LogP contribution in [0.3, 0.4) is 0 Å². The molecule has 0 saturated carbocycles. The van der Waals surface area contributed by atoms with Crippen molar-refractivity contribution >= 4 is 56.8 Å². The van der Waals surface area contributed by atoms with Gasteiger partial charge in [0.05, 0.1) is 0 Å². The van der Waals surface area contributed by atoms with Crippen LogP contribution in [0.25, 0.3) is 0 Å². The Morgan fingerprint density at radius 3 is 2.54 bits per heavy atom. The largest absolute Gasteiger partial charge is 0.280 e. The van der Waals surface area contributed by atoms with Crippen LogP contribution in [-0.4, -0.2) is 4.98 Å². The second-order valence-electron chi connectivity index (χ2n) is 2.25. The molecule has 72 valence electrons. The fourth-order valence-corrected chi connectivity index (χ4v) is 2.31. The van der Waals surface area contributed by atoms with E-state index in [4.69, 9.17) is 11.6 Å². The van der Waals surface area contributed by atoms with Gasteiger partial charge in [0.2, 0.25) is 0 Å². The van der Waals surface area contributed by atoms with Crippen molar-refractivity contribution in [3.63, 3.8) is 0 Å². The second-order valence-corrected chi connectivity index (χ2v) is 4.61. The monoisotopic (exact) mass is 429 g/mol. The van der Waals surface area contributed by atoms with Gasteiger partial charge in [-0.05, 0) is 56.8 Å². The number of hydrogen-bond donors (Lipinski definition) is 0. The van der Waals surface area contributed by atoms with Crippen LogP contribution in [0.2, 0.25) is 0 Å². The summed E-state index contributed by atoms with van der Waals surface area (Å²) in [6.07, 6.45) is -2.53. The lowest BCUT2D eigenvalue weighted by atomic mass is 10.2. The molecule has 0 radical (unpaired) electrons. The summed E-state index contributed by atoms with van der Waals surface area (Å²) in [5.41, 5.74) is 0.498. The second kappa shape index (κ2) is 5.01. The molecular weight excluding hydrogens is 425 g/mol. The van der Waals surface area contributed by atoms with Gasteiger partial charge in [-0.1, -0.05) is 0 Å². The molecule has 0 aromatic carbocycles. The maximum Gasteiger partial charge on any atom is 0.280 e. The Bertz CT molecular complexity index is 320. The van der Waals surface area contributed by atoms with E-state index in [1.165, 1.54) is 6.07 Å². The first-order chi connectivity index (χ1) is 6.06. The van der Waals surface area contributed by atoms with Crippen LogP contribution < -0.4 is 0 Å².